The SMILES string of the molecule is O=C(C[NH+]1CCN(C(=S)NCCSc2ccc(Cl)cc2)CC1)NC1CC1. The van der Waals surface area contributed by atoms with E-state index in [2.05, 4.69) is 15.5 Å². The van der Waals surface area contributed by atoms with Crippen molar-refractivity contribution in [3.05, 3.63) is 29.3 Å². The lowest BCUT2D eigenvalue weighted by atomic mass is 10.3. The van der Waals surface area contributed by atoms with Crippen molar-refractivity contribution in [2.24, 2.45) is 0 Å². The molecule has 1 heterocycles. The first-order valence-corrected chi connectivity index (χ1v) is 10.9. The minimum atomic E-state index is 0.191. The Bertz CT molecular complexity index is 616. The van der Waals surface area contributed by atoms with Gasteiger partial charge in [-0.05, 0) is 49.3 Å². The van der Waals surface area contributed by atoms with Crippen LogP contribution in [0.25, 0.3) is 0 Å². The number of thiocarbonyl (C=S) groups is 1. The third-order valence-electron chi connectivity index (χ3n) is 4.57. The average Bonchev–Trinajstić information content (AvgIpc) is 3.44. The first kappa shape index (κ1) is 19.7. The highest BCUT2D eigenvalue weighted by Crippen LogP contribution is 2.19. The van der Waals surface area contributed by atoms with Crippen molar-refractivity contribution in [3.63, 3.8) is 0 Å². The summed E-state index contributed by atoms with van der Waals surface area (Å²) in [7, 11) is 0. The van der Waals surface area contributed by atoms with Gasteiger partial charge in [0.2, 0.25) is 0 Å². The average molecular weight is 414 g/mol. The van der Waals surface area contributed by atoms with Crippen molar-refractivity contribution in [1.29, 1.82) is 0 Å². The summed E-state index contributed by atoms with van der Waals surface area (Å²) in [6.45, 7) is 5.15. The zero-order valence-corrected chi connectivity index (χ0v) is 17.2. The van der Waals surface area contributed by atoms with Gasteiger partial charge < -0.3 is 20.4 Å². The number of rotatable bonds is 7. The lowest BCUT2D eigenvalue weighted by molar-refractivity contribution is -0.895. The van der Waals surface area contributed by atoms with Crippen LogP contribution >= 0.6 is 35.6 Å². The first-order chi connectivity index (χ1) is 12.6. The van der Waals surface area contributed by atoms with Crippen LogP contribution in [0.3, 0.4) is 0 Å². The van der Waals surface area contributed by atoms with Crippen LogP contribution in [0.5, 0.6) is 0 Å². The molecule has 1 aliphatic carbocycles. The molecule has 0 aromatic heterocycles. The number of hydrogen-bond acceptors (Lipinski definition) is 3. The molecule has 1 aliphatic heterocycles. The van der Waals surface area contributed by atoms with Gasteiger partial charge in [-0.1, -0.05) is 11.6 Å². The Labute approximate surface area is 169 Å². The Kier molecular flexibility index (Phi) is 7.42. The van der Waals surface area contributed by atoms with Gasteiger partial charge in [0.15, 0.2) is 11.7 Å². The maximum Gasteiger partial charge on any atom is 0.275 e. The molecule has 0 bridgehead atoms. The smallest absolute Gasteiger partial charge is 0.275 e. The third-order valence-corrected chi connectivity index (χ3v) is 6.24. The van der Waals surface area contributed by atoms with E-state index < -0.39 is 0 Å². The standard InChI is InChI=1S/C18H25ClN4OS2/c19-14-1-5-16(6-2-14)26-12-7-20-18(25)23-10-8-22(9-11-23)13-17(24)21-15-3-4-15/h1-2,5-6,15H,3-4,7-13H2,(H,20,25)(H,21,24)/p+1. The molecule has 1 saturated heterocycles. The topological polar surface area (TPSA) is 48.8 Å². The number of carbonyl (C=O) groups is 1. The van der Waals surface area contributed by atoms with E-state index in [9.17, 15) is 4.79 Å². The minimum absolute atomic E-state index is 0.191. The molecular weight excluding hydrogens is 388 g/mol. The Hall–Kier alpha value is -1.02. The molecule has 2 aliphatic rings. The lowest BCUT2D eigenvalue weighted by Crippen LogP contribution is -3.16. The second-order valence-electron chi connectivity index (χ2n) is 6.79. The number of benzene rings is 1. The van der Waals surface area contributed by atoms with Crippen LogP contribution in [0, 0.1) is 0 Å². The van der Waals surface area contributed by atoms with E-state index in [4.69, 9.17) is 23.8 Å². The molecule has 26 heavy (non-hydrogen) atoms. The zero-order chi connectivity index (χ0) is 18.4. The minimum Gasteiger partial charge on any atom is -0.362 e. The molecule has 2 fully saturated rings. The summed E-state index contributed by atoms with van der Waals surface area (Å²) in [5.74, 6) is 1.14. The molecule has 8 heteroatoms. The van der Waals surface area contributed by atoms with E-state index >= 15 is 0 Å². The summed E-state index contributed by atoms with van der Waals surface area (Å²) in [6, 6.07) is 8.34. The fourth-order valence-electron chi connectivity index (χ4n) is 2.91. The summed E-state index contributed by atoms with van der Waals surface area (Å²) in [5, 5.41) is 8.00. The fourth-order valence-corrected chi connectivity index (χ4v) is 4.08. The Morgan fingerprint density at radius 2 is 1.96 bits per heavy atom. The van der Waals surface area contributed by atoms with Crippen LogP contribution in [-0.2, 0) is 4.79 Å². The molecule has 3 rings (SSSR count). The summed E-state index contributed by atoms with van der Waals surface area (Å²) >= 11 is 13.2. The van der Waals surface area contributed by atoms with Gasteiger partial charge in [-0.2, -0.15) is 0 Å². The van der Waals surface area contributed by atoms with Crippen molar-refractivity contribution in [1.82, 2.24) is 15.5 Å². The number of hydrogen-bond donors (Lipinski definition) is 3. The van der Waals surface area contributed by atoms with Crippen molar-refractivity contribution < 1.29 is 9.69 Å². The van der Waals surface area contributed by atoms with Gasteiger partial charge in [0.25, 0.3) is 5.91 Å². The summed E-state index contributed by atoms with van der Waals surface area (Å²) in [6.07, 6.45) is 2.29. The number of halogens is 1. The van der Waals surface area contributed by atoms with E-state index in [-0.39, 0.29) is 5.91 Å². The van der Waals surface area contributed by atoms with Gasteiger partial charge in [0.1, 0.15) is 0 Å². The summed E-state index contributed by atoms with van der Waals surface area (Å²) in [4.78, 5) is 16.7. The number of nitrogens with zero attached hydrogens (tertiary/aromatic N) is 1. The van der Waals surface area contributed by atoms with Crippen LogP contribution in [0.1, 0.15) is 12.8 Å². The monoisotopic (exact) mass is 413 g/mol. The normalized spacial score (nSPS) is 17.8. The Balaban J connectivity index is 1.28. The molecule has 0 radical (unpaired) electrons. The zero-order valence-electron chi connectivity index (χ0n) is 14.8. The molecule has 0 unspecified atom stereocenters. The molecular formula is C18H26ClN4OS2+. The van der Waals surface area contributed by atoms with Crippen molar-refractivity contribution >= 4 is 46.6 Å². The molecule has 1 amide bonds. The van der Waals surface area contributed by atoms with Crippen molar-refractivity contribution in [2.75, 3.05) is 45.0 Å². The molecule has 0 spiro atoms. The van der Waals surface area contributed by atoms with Gasteiger partial charge in [-0.25, -0.2) is 0 Å². The molecule has 3 N–H and O–H groups in total. The predicted octanol–water partition coefficient (Wildman–Crippen LogP) is 0.786. The molecule has 1 aromatic rings. The van der Waals surface area contributed by atoms with Gasteiger partial charge in [-0.15, -0.1) is 11.8 Å². The van der Waals surface area contributed by atoms with Crippen molar-refractivity contribution in [3.8, 4) is 0 Å². The van der Waals surface area contributed by atoms with Gasteiger partial charge in [0, 0.05) is 28.3 Å². The molecule has 142 valence electrons. The largest absolute Gasteiger partial charge is 0.362 e. The number of piperazine rings is 1. The lowest BCUT2D eigenvalue weighted by Gasteiger charge is -2.33. The van der Waals surface area contributed by atoms with Crippen LogP contribution in [0.2, 0.25) is 5.02 Å². The van der Waals surface area contributed by atoms with E-state index in [1.54, 1.807) is 11.8 Å². The van der Waals surface area contributed by atoms with E-state index in [1.165, 1.54) is 9.80 Å². The maximum atomic E-state index is 11.9. The van der Waals surface area contributed by atoms with Crippen LogP contribution in [0.15, 0.2) is 29.2 Å². The van der Waals surface area contributed by atoms with Gasteiger partial charge in [0.05, 0.1) is 26.2 Å². The van der Waals surface area contributed by atoms with Crippen molar-refractivity contribution in [2.45, 2.75) is 23.8 Å². The molecule has 5 nitrogen and oxygen atoms in total. The van der Waals surface area contributed by atoms with Gasteiger partial charge in [-0.3, -0.25) is 4.79 Å². The second kappa shape index (κ2) is 9.78. The van der Waals surface area contributed by atoms with E-state index in [0.717, 1.165) is 61.5 Å². The second-order valence-corrected chi connectivity index (χ2v) is 8.78. The van der Waals surface area contributed by atoms with Gasteiger partial charge >= 0.3 is 0 Å². The number of quaternary nitrogens is 1. The van der Waals surface area contributed by atoms with E-state index in [1.807, 2.05) is 24.3 Å². The Morgan fingerprint density at radius 3 is 2.62 bits per heavy atom. The number of nitrogens with one attached hydrogen (secondary N) is 3. The highest BCUT2D eigenvalue weighted by molar-refractivity contribution is 7.99. The van der Waals surface area contributed by atoms with Crippen LogP contribution < -0.4 is 15.5 Å². The quantitative estimate of drug-likeness (QED) is 0.350. The highest BCUT2D eigenvalue weighted by Gasteiger charge is 2.27. The highest BCUT2D eigenvalue weighted by atomic mass is 35.5. The third kappa shape index (κ3) is 6.61. The molecule has 1 saturated carbocycles. The maximum absolute atomic E-state index is 11.9. The van der Waals surface area contributed by atoms with Crippen LogP contribution in [-0.4, -0.2) is 67.0 Å². The number of thioether (sulfide) groups is 1. The molecule has 1 aromatic carbocycles. The Morgan fingerprint density at radius 1 is 1.27 bits per heavy atom. The van der Waals surface area contributed by atoms with Crippen LogP contribution in [0.4, 0.5) is 0 Å². The first-order valence-electron chi connectivity index (χ1n) is 9.14. The fraction of sp³-hybridized carbons (Fsp3) is 0.556. The number of amides is 1. The predicted molar refractivity (Wildman–Crippen MR) is 111 cm³/mol. The summed E-state index contributed by atoms with van der Waals surface area (Å²) in [5.41, 5.74) is 0. The molecule has 0 atom stereocenters. The summed E-state index contributed by atoms with van der Waals surface area (Å²) < 4.78 is 0. The number of carbonyl (C=O) groups excluding carboxylic acids is 1. The van der Waals surface area contributed by atoms with E-state index in [0.29, 0.717) is 12.6 Å².